The largest absolute Gasteiger partial charge is 0.338 e. The molecular weight excluding hydrogens is 278 g/mol. The summed E-state index contributed by atoms with van der Waals surface area (Å²) in [7, 11) is 0. The standard InChI is InChI=1S/C17H27N3O2/c1-11(2)9-19-17(22)20-16(21)10-18-14(5)15-8-12(3)6-7-13(15)4/h6-8,11,14,18H,9-10H2,1-5H3,(H2,19,20,21,22). The Bertz CT molecular complexity index is 527. The molecule has 0 fully saturated rings. The molecule has 3 amide bonds. The van der Waals surface area contributed by atoms with Gasteiger partial charge in [0, 0.05) is 12.6 Å². The van der Waals surface area contributed by atoms with Crippen LogP contribution >= 0.6 is 0 Å². The highest BCUT2D eigenvalue weighted by Crippen LogP contribution is 2.18. The van der Waals surface area contributed by atoms with Gasteiger partial charge in [0.1, 0.15) is 0 Å². The smallest absolute Gasteiger partial charge is 0.321 e. The van der Waals surface area contributed by atoms with E-state index in [0.29, 0.717) is 12.5 Å². The third kappa shape index (κ3) is 6.26. The normalized spacial score (nSPS) is 12.1. The zero-order valence-electron chi connectivity index (χ0n) is 14.1. The Balaban J connectivity index is 2.43. The van der Waals surface area contributed by atoms with Gasteiger partial charge in [0.2, 0.25) is 5.91 Å². The summed E-state index contributed by atoms with van der Waals surface area (Å²) in [6, 6.07) is 5.85. The van der Waals surface area contributed by atoms with Crippen molar-refractivity contribution < 1.29 is 9.59 Å². The molecule has 122 valence electrons. The monoisotopic (exact) mass is 305 g/mol. The Morgan fingerprint density at radius 2 is 1.82 bits per heavy atom. The summed E-state index contributed by atoms with van der Waals surface area (Å²) in [6.07, 6.45) is 0. The number of carbonyl (C=O) groups excluding carboxylic acids is 2. The van der Waals surface area contributed by atoms with Crippen LogP contribution in [0.5, 0.6) is 0 Å². The van der Waals surface area contributed by atoms with Gasteiger partial charge < -0.3 is 10.6 Å². The summed E-state index contributed by atoms with van der Waals surface area (Å²) in [5.74, 6) is 0.0155. The first-order valence-corrected chi connectivity index (χ1v) is 7.67. The predicted molar refractivity (Wildman–Crippen MR) is 88.7 cm³/mol. The van der Waals surface area contributed by atoms with E-state index in [0.717, 1.165) is 5.56 Å². The molecule has 1 aromatic carbocycles. The van der Waals surface area contributed by atoms with Gasteiger partial charge in [0.15, 0.2) is 0 Å². The van der Waals surface area contributed by atoms with Crippen molar-refractivity contribution in [1.82, 2.24) is 16.0 Å². The third-order valence-corrected chi connectivity index (χ3v) is 3.39. The zero-order valence-corrected chi connectivity index (χ0v) is 14.1. The van der Waals surface area contributed by atoms with Crippen LogP contribution in [0.1, 0.15) is 43.5 Å². The molecule has 0 saturated heterocycles. The van der Waals surface area contributed by atoms with Gasteiger partial charge in [-0.2, -0.15) is 0 Å². The molecule has 0 saturated carbocycles. The van der Waals surface area contributed by atoms with Gasteiger partial charge >= 0.3 is 6.03 Å². The Labute approximate surface area is 132 Å². The molecule has 1 rings (SSSR count). The Morgan fingerprint density at radius 1 is 1.14 bits per heavy atom. The number of hydrogen-bond donors (Lipinski definition) is 3. The summed E-state index contributed by atoms with van der Waals surface area (Å²) in [5, 5.41) is 8.11. The van der Waals surface area contributed by atoms with Crippen LogP contribution < -0.4 is 16.0 Å². The van der Waals surface area contributed by atoms with Crippen molar-refractivity contribution in [2.24, 2.45) is 5.92 Å². The van der Waals surface area contributed by atoms with Crippen molar-refractivity contribution in [2.45, 2.75) is 40.7 Å². The number of aryl methyl sites for hydroxylation is 2. The summed E-state index contributed by atoms with van der Waals surface area (Å²) < 4.78 is 0. The summed E-state index contributed by atoms with van der Waals surface area (Å²) in [6.45, 7) is 10.7. The number of urea groups is 1. The molecule has 0 bridgehead atoms. The highest BCUT2D eigenvalue weighted by Gasteiger charge is 2.12. The maximum absolute atomic E-state index is 11.8. The quantitative estimate of drug-likeness (QED) is 0.756. The zero-order chi connectivity index (χ0) is 16.7. The summed E-state index contributed by atoms with van der Waals surface area (Å²) >= 11 is 0. The number of rotatable bonds is 6. The Morgan fingerprint density at radius 3 is 2.45 bits per heavy atom. The molecular formula is C17H27N3O2. The van der Waals surface area contributed by atoms with E-state index in [1.165, 1.54) is 11.1 Å². The van der Waals surface area contributed by atoms with Crippen LogP contribution in [0.15, 0.2) is 18.2 Å². The van der Waals surface area contributed by atoms with Crippen molar-refractivity contribution in [3.05, 3.63) is 34.9 Å². The van der Waals surface area contributed by atoms with Crippen molar-refractivity contribution in [3.8, 4) is 0 Å². The molecule has 3 N–H and O–H groups in total. The lowest BCUT2D eigenvalue weighted by molar-refractivity contribution is -0.119. The van der Waals surface area contributed by atoms with Crippen molar-refractivity contribution >= 4 is 11.9 Å². The van der Waals surface area contributed by atoms with Crippen molar-refractivity contribution in [2.75, 3.05) is 13.1 Å². The number of imide groups is 1. The molecule has 0 radical (unpaired) electrons. The average molecular weight is 305 g/mol. The van der Waals surface area contributed by atoms with E-state index < -0.39 is 6.03 Å². The van der Waals surface area contributed by atoms with Crippen LogP contribution in [-0.2, 0) is 4.79 Å². The minimum Gasteiger partial charge on any atom is -0.338 e. The van der Waals surface area contributed by atoms with Crippen LogP contribution in [0.25, 0.3) is 0 Å². The number of nitrogens with one attached hydrogen (secondary N) is 3. The van der Waals surface area contributed by atoms with E-state index in [-0.39, 0.29) is 18.5 Å². The lowest BCUT2D eigenvalue weighted by Gasteiger charge is -2.17. The number of amides is 3. The lowest BCUT2D eigenvalue weighted by Crippen LogP contribution is -2.44. The molecule has 0 aliphatic carbocycles. The number of hydrogen-bond acceptors (Lipinski definition) is 3. The average Bonchev–Trinajstić information content (AvgIpc) is 2.45. The van der Waals surface area contributed by atoms with E-state index in [9.17, 15) is 9.59 Å². The molecule has 1 unspecified atom stereocenters. The fraction of sp³-hybridized carbons (Fsp3) is 0.529. The minimum absolute atomic E-state index is 0.0457. The van der Waals surface area contributed by atoms with Gasteiger partial charge in [-0.05, 0) is 37.8 Å². The molecule has 5 heteroatoms. The fourth-order valence-electron chi connectivity index (χ4n) is 2.09. The van der Waals surface area contributed by atoms with Gasteiger partial charge in [0.25, 0.3) is 0 Å². The molecule has 1 atom stereocenters. The molecule has 5 nitrogen and oxygen atoms in total. The second kappa shape index (κ2) is 8.54. The fourth-order valence-corrected chi connectivity index (χ4v) is 2.09. The van der Waals surface area contributed by atoms with Gasteiger partial charge in [-0.25, -0.2) is 4.79 Å². The molecule has 0 heterocycles. The first-order chi connectivity index (χ1) is 10.3. The summed E-state index contributed by atoms with van der Waals surface area (Å²) in [5.41, 5.74) is 3.53. The third-order valence-electron chi connectivity index (χ3n) is 3.39. The van der Waals surface area contributed by atoms with Crippen LogP contribution in [0.2, 0.25) is 0 Å². The van der Waals surface area contributed by atoms with Crippen LogP contribution in [0.4, 0.5) is 4.79 Å². The van der Waals surface area contributed by atoms with E-state index in [4.69, 9.17) is 0 Å². The van der Waals surface area contributed by atoms with Gasteiger partial charge in [0.05, 0.1) is 6.54 Å². The molecule has 0 spiro atoms. The summed E-state index contributed by atoms with van der Waals surface area (Å²) in [4.78, 5) is 23.3. The Kier molecular flexibility index (Phi) is 7.05. The minimum atomic E-state index is -0.445. The van der Waals surface area contributed by atoms with Crippen LogP contribution in [-0.4, -0.2) is 25.0 Å². The van der Waals surface area contributed by atoms with Crippen molar-refractivity contribution in [1.29, 1.82) is 0 Å². The van der Waals surface area contributed by atoms with Crippen LogP contribution in [0, 0.1) is 19.8 Å². The highest BCUT2D eigenvalue weighted by molar-refractivity contribution is 5.95. The topological polar surface area (TPSA) is 70.2 Å². The molecule has 22 heavy (non-hydrogen) atoms. The predicted octanol–water partition coefficient (Wildman–Crippen LogP) is 2.44. The van der Waals surface area contributed by atoms with Gasteiger partial charge in [-0.15, -0.1) is 0 Å². The van der Waals surface area contributed by atoms with E-state index in [1.807, 2.05) is 34.6 Å². The van der Waals surface area contributed by atoms with E-state index in [1.54, 1.807) is 0 Å². The second-order valence-electron chi connectivity index (χ2n) is 6.11. The maximum atomic E-state index is 11.8. The van der Waals surface area contributed by atoms with Crippen LogP contribution in [0.3, 0.4) is 0 Å². The van der Waals surface area contributed by atoms with E-state index in [2.05, 4.69) is 34.1 Å². The van der Waals surface area contributed by atoms with Gasteiger partial charge in [-0.3, -0.25) is 10.1 Å². The number of carbonyl (C=O) groups is 2. The molecule has 1 aromatic rings. The van der Waals surface area contributed by atoms with Crippen molar-refractivity contribution in [3.63, 3.8) is 0 Å². The highest BCUT2D eigenvalue weighted by atomic mass is 16.2. The maximum Gasteiger partial charge on any atom is 0.321 e. The van der Waals surface area contributed by atoms with E-state index >= 15 is 0 Å². The molecule has 0 aliphatic heterocycles. The number of benzene rings is 1. The SMILES string of the molecule is Cc1ccc(C)c(C(C)NCC(=O)NC(=O)NCC(C)C)c1. The lowest BCUT2D eigenvalue weighted by atomic mass is 10.00. The Hall–Kier alpha value is -1.88. The molecule has 0 aromatic heterocycles. The second-order valence-corrected chi connectivity index (χ2v) is 6.11. The first kappa shape index (κ1) is 18.2. The van der Waals surface area contributed by atoms with Gasteiger partial charge in [-0.1, -0.05) is 37.6 Å². The molecule has 0 aliphatic rings. The first-order valence-electron chi connectivity index (χ1n) is 7.67.